The van der Waals surface area contributed by atoms with Crippen molar-refractivity contribution in [1.82, 2.24) is 4.90 Å². The molecule has 2 aliphatic rings. The van der Waals surface area contributed by atoms with E-state index in [2.05, 4.69) is 32.6 Å². The molecular weight excluding hydrogens is 202 g/mol. The Morgan fingerprint density at radius 2 is 2.06 bits per heavy atom. The van der Waals surface area contributed by atoms with Gasteiger partial charge in [-0.2, -0.15) is 0 Å². The molecule has 0 aromatic heterocycles. The van der Waals surface area contributed by atoms with Crippen molar-refractivity contribution < 1.29 is 9.47 Å². The molecule has 1 aliphatic carbocycles. The SMILES string of the molecule is CCOC1CCC2CN(C(C)(C)C)COC21. The second-order valence-electron chi connectivity index (χ2n) is 5.98. The Kier molecular flexibility index (Phi) is 3.57. The molecule has 94 valence electrons. The van der Waals surface area contributed by atoms with Crippen LogP contribution in [0.5, 0.6) is 0 Å². The Morgan fingerprint density at radius 1 is 1.31 bits per heavy atom. The van der Waals surface area contributed by atoms with Gasteiger partial charge in [-0.25, -0.2) is 0 Å². The van der Waals surface area contributed by atoms with Crippen molar-refractivity contribution in [3.63, 3.8) is 0 Å². The van der Waals surface area contributed by atoms with Crippen LogP contribution in [0.4, 0.5) is 0 Å². The maximum absolute atomic E-state index is 6.01. The van der Waals surface area contributed by atoms with Gasteiger partial charge in [0.2, 0.25) is 0 Å². The van der Waals surface area contributed by atoms with Gasteiger partial charge in [-0.15, -0.1) is 0 Å². The summed E-state index contributed by atoms with van der Waals surface area (Å²) in [5, 5.41) is 0. The molecule has 3 heteroatoms. The summed E-state index contributed by atoms with van der Waals surface area (Å²) in [4.78, 5) is 2.43. The summed E-state index contributed by atoms with van der Waals surface area (Å²) >= 11 is 0. The number of fused-ring (bicyclic) bond motifs is 1. The highest BCUT2D eigenvalue weighted by molar-refractivity contribution is 4.93. The van der Waals surface area contributed by atoms with E-state index in [0.29, 0.717) is 18.1 Å². The van der Waals surface area contributed by atoms with Crippen molar-refractivity contribution in [2.45, 2.75) is 58.3 Å². The number of nitrogens with zero attached hydrogens (tertiary/aromatic N) is 1. The fourth-order valence-corrected chi connectivity index (χ4v) is 2.82. The predicted octanol–water partition coefficient (Wildman–Crippen LogP) is 2.26. The Labute approximate surface area is 99.1 Å². The first-order valence-corrected chi connectivity index (χ1v) is 6.50. The summed E-state index contributed by atoms with van der Waals surface area (Å²) < 4.78 is 11.8. The molecule has 2 rings (SSSR count). The van der Waals surface area contributed by atoms with Crippen molar-refractivity contribution in [3.05, 3.63) is 0 Å². The number of hydrogen-bond acceptors (Lipinski definition) is 3. The van der Waals surface area contributed by atoms with Gasteiger partial charge < -0.3 is 9.47 Å². The van der Waals surface area contributed by atoms with Gasteiger partial charge in [0.25, 0.3) is 0 Å². The van der Waals surface area contributed by atoms with Crippen molar-refractivity contribution in [1.29, 1.82) is 0 Å². The second kappa shape index (κ2) is 4.63. The molecule has 0 radical (unpaired) electrons. The Balaban J connectivity index is 1.94. The summed E-state index contributed by atoms with van der Waals surface area (Å²) in [7, 11) is 0. The Bertz CT molecular complexity index is 237. The van der Waals surface area contributed by atoms with E-state index in [1.807, 2.05) is 0 Å². The van der Waals surface area contributed by atoms with Crippen molar-refractivity contribution >= 4 is 0 Å². The quantitative estimate of drug-likeness (QED) is 0.722. The molecule has 16 heavy (non-hydrogen) atoms. The largest absolute Gasteiger partial charge is 0.376 e. The molecule has 1 saturated carbocycles. The van der Waals surface area contributed by atoms with Crippen molar-refractivity contribution in [2.24, 2.45) is 5.92 Å². The monoisotopic (exact) mass is 227 g/mol. The van der Waals surface area contributed by atoms with Gasteiger partial charge in [0, 0.05) is 24.6 Å². The van der Waals surface area contributed by atoms with Gasteiger partial charge in [0.1, 0.15) is 0 Å². The van der Waals surface area contributed by atoms with Crippen LogP contribution in [0.1, 0.15) is 40.5 Å². The van der Waals surface area contributed by atoms with E-state index in [1.165, 1.54) is 12.8 Å². The molecule has 3 nitrogen and oxygen atoms in total. The molecule has 1 heterocycles. The summed E-state index contributed by atoms with van der Waals surface area (Å²) in [6.45, 7) is 11.6. The highest BCUT2D eigenvalue weighted by atomic mass is 16.5. The molecule has 0 aromatic rings. The standard InChI is InChI=1S/C13H25NO2/c1-5-15-11-7-6-10-8-14(13(2,3)4)9-16-12(10)11/h10-12H,5-9H2,1-4H3. The molecule has 3 atom stereocenters. The molecule has 0 bridgehead atoms. The first kappa shape index (κ1) is 12.3. The first-order chi connectivity index (χ1) is 7.52. The van der Waals surface area contributed by atoms with E-state index < -0.39 is 0 Å². The van der Waals surface area contributed by atoms with E-state index in [9.17, 15) is 0 Å². The molecular formula is C13H25NO2. The summed E-state index contributed by atoms with van der Waals surface area (Å²) in [6, 6.07) is 0. The summed E-state index contributed by atoms with van der Waals surface area (Å²) in [5.41, 5.74) is 0.217. The maximum Gasteiger partial charge on any atom is 0.0999 e. The average molecular weight is 227 g/mol. The average Bonchev–Trinajstić information content (AvgIpc) is 2.60. The predicted molar refractivity (Wildman–Crippen MR) is 64.3 cm³/mol. The van der Waals surface area contributed by atoms with Crippen LogP contribution in [-0.4, -0.2) is 42.5 Å². The first-order valence-electron chi connectivity index (χ1n) is 6.50. The lowest BCUT2D eigenvalue weighted by Gasteiger charge is -2.43. The zero-order chi connectivity index (χ0) is 11.8. The van der Waals surface area contributed by atoms with Crippen LogP contribution < -0.4 is 0 Å². The van der Waals surface area contributed by atoms with E-state index in [1.54, 1.807) is 0 Å². The highest BCUT2D eigenvalue weighted by Gasteiger charge is 2.43. The van der Waals surface area contributed by atoms with Gasteiger partial charge >= 0.3 is 0 Å². The summed E-state index contributed by atoms with van der Waals surface area (Å²) in [5.74, 6) is 0.671. The van der Waals surface area contributed by atoms with Gasteiger partial charge in [0.15, 0.2) is 0 Å². The molecule has 3 unspecified atom stereocenters. The second-order valence-corrected chi connectivity index (χ2v) is 5.98. The van der Waals surface area contributed by atoms with Gasteiger partial charge in [0.05, 0.1) is 18.9 Å². The highest BCUT2D eigenvalue weighted by Crippen LogP contribution is 2.36. The van der Waals surface area contributed by atoms with Crippen LogP contribution in [0.2, 0.25) is 0 Å². The van der Waals surface area contributed by atoms with Crippen molar-refractivity contribution in [3.8, 4) is 0 Å². The van der Waals surface area contributed by atoms with Crippen LogP contribution in [-0.2, 0) is 9.47 Å². The van der Waals surface area contributed by atoms with E-state index >= 15 is 0 Å². The number of hydrogen-bond donors (Lipinski definition) is 0. The third-order valence-electron chi connectivity index (χ3n) is 3.86. The Hall–Kier alpha value is -0.120. The van der Waals surface area contributed by atoms with Gasteiger partial charge in [-0.1, -0.05) is 0 Å². The molecule has 0 N–H and O–H groups in total. The number of rotatable bonds is 2. The lowest BCUT2D eigenvalue weighted by Crippen LogP contribution is -2.53. The fourth-order valence-electron chi connectivity index (χ4n) is 2.82. The molecule has 0 spiro atoms. The maximum atomic E-state index is 6.01. The molecule has 0 amide bonds. The molecule has 0 aromatic carbocycles. The van der Waals surface area contributed by atoms with Crippen LogP contribution in [0.15, 0.2) is 0 Å². The minimum absolute atomic E-state index is 0.217. The van der Waals surface area contributed by atoms with E-state index in [0.717, 1.165) is 19.9 Å². The zero-order valence-electron chi connectivity index (χ0n) is 11.0. The fraction of sp³-hybridized carbons (Fsp3) is 1.00. The lowest BCUT2D eigenvalue weighted by molar-refractivity contribution is -0.155. The number of ether oxygens (including phenoxy) is 2. The third-order valence-corrected chi connectivity index (χ3v) is 3.86. The molecule has 1 saturated heterocycles. The summed E-state index contributed by atoms with van der Waals surface area (Å²) in [6.07, 6.45) is 3.11. The van der Waals surface area contributed by atoms with E-state index in [4.69, 9.17) is 9.47 Å². The van der Waals surface area contributed by atoms with Crippen LogP contribution in [0, 0.1) is 5.92 Å². The van der Waals surface area contributed by atoms with Gasteiger partial charge in [-0.3, -0.25) is 4.90 Å². The van der Waals surface area contributed by atoms with Crippen LogP contribution in [0.3, 0.4) is 0 Å². The van der Waals surface area contributed by atoms with Gasteiger partial charge in [-0.05, 0) is 40.5 Å². The lowest BCUT2D eigenvalue weighted by atomic mass is 9.98. The molecule has 2 fully saturated rings. The minimum Gasteiger partial charge on any atom is -0.376 e. The minimum atomic E-state index is 0.217. The van der Waals surface area contributed by atoms with Crippen LogP contribution >= 0.6 is 0 Å². The normalized spacial score (nSPS) is 36.4. The van der Waals surface area contributed by atoms with Crippen LogP contribution in [0.25, 0.3) is 0 Å². The zero-order valence-corrected chi connectivity index (χ0v) is 11.0. The smallest absolute Gasteiger partial charge is 0.0999 e. The van der Waals surface area contributed by atoms with Crippen molar-refractivity contribution in [2.75, 3.05) is 19.9 Å². The molecule has 1 aliphatic heterocycles. The van der Waals surface area contributed by atoms with E-state index in [-0.39, 0.29) is 5.54 Å². The third kappa shape index (κ3) is 2.41. The topological polar surface area (TPSA) is 21.7 Å². The Morgan fingerprint density at radius 3 is 2.69 bits per heavy atom.